The summed E-state index contributed by atoms with van der Waals surface area (Å²) in [5.74, 6) is 0. The molecule has 0 atom stereocenters. The standard InChI is InChI=1S/C9H12IN/c1-2-8-11(10)9-6-4-3-5-7-9/h3-7H,2,8H2,1H3/q+1. The molecule has 0 fully saturated rings. The largest absolute Gasteiger partial charge is 0.314 e. The van der Waals surface area contributed by atoms with E-state index < -0.39 is 0 Å². The molecule has 59 valence electrons. The van der Waals surface area contributed by atoms with Crippen LogP contribution >= 0.6 is 22.9 Å². The van der Waals surface area contributed by atoms with Crippen molar-refractivity contribution in [1.82, 2.24) is 3.11 Å². The van der Waals surface area contributed by atoms with Gasteiger partial charge >= 0.3 is 22.9 Å². The Morgan fingerprint density at radius 1 is 1.27 bits per heavy atom. The summed E-state index contributed by atoms with van der Waals surface area (Å²) in [6, 6.07) is 10.4. The van der Waals surface area contributed by atoms with Gasteiger partial charge in [0.1, 0.15) is 6.54 Å². The predicted molar refractivity (Wildman–Crippen MR) is 57.4 cm³/mol. The zero-order valence-electron chi connectivity index (χ0n) is 6.63. The van der Waals surface area contributed by atoms with Crippen LogP contribution in [-0.2, 0) is 0 Å². The Morgan fingerprint density at radius 2 is 1.91 bits per heavy atom. The lowest BCUT2D eigenvalue weighted by atomic mass is 10.3. The molecular weight excluding hydrogens is 249 g/mol. The van der Waals surface area contributed by atoms with E-state index >= 15 is 0 Å². The molecule has 1 nitrogen and oxygen atoms in total. The first-order valence-electron chi connectivity index (χ1n) is 3.83. The number of anilines is 1. The van der Waals surface area contributed by atoms with Crippen molar-refractivity contribution in [2.45, 2.75) is 13.3 Å². The van der Waals surface area contributed by atoms with Crippen molar-refractivity contribution in [2.24, 2.45) is 0 Å². The average molecular weight is 261 g/mol. The number of hydrogen-bond acceptors (Lipinski definition) is 1. The fourth-order valence-corrected chi connectivity index (χ4v) is 1.72. The van der Waals surface area contributed by atoms with E-state index in [2.05, 4.69) is 57.2 Å². The van der Waals surface area contributed by atoms with Crippen LogP contribution in [-0.4, -0.2) is 6.54 Å². The number of nitrogens with zero attached hydrogens (tertiary/aromatic N) is 1. The van der Waals surface area contributed by atoms with Gasteiger partial charge in [-0.05, 0) is 6.42 Å². The lowest BCUT2D eigenvalue weighted by molar-refractivity contribution is 0.779. The highest BCUT2D eigenvalue weighted by Crippen LogP contribution is 2.16. The van der Waals surface area contributed by atoms with Crippen LogP contribution in [0.5, 0.6) is 0 Å². The summed E-state index contributed by atoms with van der Waals surface area (Å²) in [5.41, 5.74) is 1.29. The summed E-state index contributed by atoms with van der Waals surface area (Å²) >= 11 is 2.34. The summed E-state index contributed by atoms with van der Waals surface area (Å²) in [6.45, 7) is 3.30. The average Bonchev–Trinajstić information content (AvgIpc) is 2.07. The van der Waals surface area contributed by atoms with E-state index in [-0.39, 0.29) is 0 Å². The smallest absolute Gasteiger partial charge is 0.0724 e. The fraction of sp³-hybridized carbons (Fsp3) is 0.333. The van der Waals surface area contributed by atoms with Gasteiger partial charge in [-0.3, -0.25) is 0 Å². The molecule has 1 radical (unpaired) electrons. The first kappa shape index (κ1) is 9.00. The highest BCUT2D eigenvalue weighted by atomic mass is 127. The molecule has 0 amide bonds. The maximum Gasteiger partial charge on any atom is 0.314 e. The molecule has 0 heterocycles. The third kappa shape index (κ3) is 2.79. The Kier molecular flexibility index (Phi) is 3.86. The van der Waals surface area contributed by atoms with Crippen LogP contribution in [0.2, 0.25) is 0 Å². The second-order valence-corrected chi connectivity index (χ2v) is 3.59. The fourth-order valence-electron chi connectivity index (χ4n) is 0.915. The van der Waals surface area contributed by atoms with Crippen LogP contribution < -0.4 is 3.11 Å². The molecule has 0 N–H and O–H groups in total. The Hall–Kier alpha value is -0.0900. The van der Waals surface area contributed by atoms with E-state index in [1.54, 1.807) is 0 Å². The molecule has 11 heavy (non-hydrogen) atoms. The molecule has 0 aromatic heterocycles. The Labute approximate surface area is 81.9 Å². The molecule has 0 saturated carbocycles. The van der Waals surface area contributed by atoms with Crippen LogP contribution in [0.4, 0.5) is 5.69 Å². The van der Waals surface area contributed by atoms with E-state index in [9.17, 15) is 0 Å². The predicted octanol–water partition coefficient (Wildman–Crippen LogP) is 3.22. The van der Waals surface area contributed by atoms with E-state index in [1.807, 2.05) is 6.07 Å². The summed E-state index contributed by atoms with van der Waals surface area (Å²) < 4.78 is 2.23. The monoisotopic (exact) mass is 261 g/mol. The van der Waals surface area contributed by atoms with Gasteiger partial charge in [0.25, 0.3) is 0 Å². The maximum atomic E-state index is 2.34. The van der Waals surface area contributed by atoms with Gasteiger partial charge in [0.15, 0.2) is 5.69 Å². The van der Waals surface area contributed by atoms with Crippen LogP contribution in [0, 0.1) is 0 Å². The Morgan fingerprint density at radius 3 is 2.45 bits per heavy atom. The normalized spacial score (nSPS) is 10.5. The van der Waals surface area contributed by atoms with Gasteiger partial charge in [0.05, 0.1) is 0 Å². The minimum Gasteiger partial charge on any atom is -0.0724 e. The highest BCUT2D eigenvalue weighted by molar-refractivity contribution is 14.1. The lowest BCUT2D eigenvalue weighted by Gasteiger charge is -1.99. The zero-order valence-corrected chi connectivity index (χ0v) is 8.78. The quantitative estimate of drug-likeness (QED) is 0.582. The third-order valence-electron chi connectivity index (χ3n) is 1.46. The second-order valence-electron chi connectivity index (χ2n) is 2.42. The molecule has 1 aromatic carbocycles. The summed E-state index contributed by atoms with van der Waals surface area (Å²) in [4.78, 5) is 0. The van der Waals surface area contributed by atoms with Crippen molar-refractivity contribution in [1.29, 1.82) is 0 Å². The van der Waals surface area contributed by atoms with Crippen LogP contribution in [0.15, 0.2) is 30.3 Å². The van der Waals surface area contributed by atoms with E-state index in [0.29, 0.717) is 0 Å². The third-order valence-corrected chi connectivity index (χ3v) is 2.50. The Balaban J connectivity index is 2.61. The van der Waals surface area contributed by atoms with Crippen molar-refractivity contribution in [3.63, 3.8) is 0 Å². The van der Waals surface area contributed by atoms with Crippen LogP contribution in [0.25, 0.3) is 0 Å². The molecule has 0 spiro atoms. The maximum absolute atomic E-state index is 2.34. The van der Waals surface area contributed by atoms with Crippen LogP contribution in [0.1, 0.15) is 13.3 Å². The number of rotatable bonds is 3. The topological polar surface area (TPSA) is 5.90 Å². The summed E-state index contributed by atoms with van der Waals surface area (Å²) in [6.07, 6.45) is 1.19. The zero-order chi connectivity index (χ0) is 8.10. The summed E-state index contributed by atoms with van der Waals surface area (Å²) in [7, 11) is 0. The lowest BCUT2D eigenvalue weighted by Crippen LogP contribution is -2.10. The molecule has 0 bridgehead atoms. The molecule has 1 rings (SSSR count). The minimum absolute atomic E-state index is 1.12. The van der Waals surface area contributed by atoms with Crippen molar-refractivity contribution in [2.75, 3.05) is 6.54 Å². The Bertz CT molecular complexity index is 198. The van der Waals surface area contributed by atoms with Crippen molar-refractivity contribution in [3.8, 4) is 0 Å². The van der Waals surface area contributed by atoms with Gasteiger partial charge in [-0.2, -0.15) is 0 Å². The van der Waals surface area contributed by atoms with Crippen molar-refractivity contribution < 1.29 is 0 Å². The molecule has 0 unspecified atom stereocenters. The number of hydrogen-bond donors (Lipinski definition) is 0. The van der Waals surface area contributed by atoms with Gasteiger partial charge in [-0.25, -0.2) is 0 Å². The first-order chi connectivity index (χ1) is 5.34. The molecule has 0 aliphatic heterocycles. The highest BCUT2D eigenvalue weighted by Gasteiger charge is 2.11. The number of halogens is 1. The van der Waals surface area contributed by atoms with Crippen molar-refractivity contribution >= 4 is 28.6 Å². The van der Waals surface area contributed by atoms with E-state index in [4.69, 9.17) is 0 Å². The summed E-state index contributed by atoms with van der Waals surface area (Å²) in [5, 5.41) is 0. The molecular formula is C9H12IN+. The molecule has 2 heteroatoms. The first-order valence-corrected chi connectivity index (χ1v) is 4.79. The molecule has 0 aliphatic carbocycles. The van der Waals surface area contributed by atoms with Gasteiger partial charge < -0.3 is 0 Å². The van der Waals surface area contributed by atoms with Crippen molar-refractivity contribution in [3.05, 3.63) is 30.3 Å². The molecule has 0 saturated heterocycles. The van der Waals surface area contributed by atoms with Gasteiger partial charge in [-0.1, -0.05) is 28.2 Å². The van der Waals surface area contributed by atoms with E-state index in [1.165, 1.54) is 12.1 Å². The van der Waals surface area contributed by atoms with Gasteiger partial charge in [0.2, 0.25) is 0 Å². The van der Waals surface area contributed by atoms with E-state index in [0.717, 1.165) is 6.54 Å². The van der Waals surface area contributed by atoms with Gasteiger partial charge in [-0.15, -0.1) is 0 Å². The number of para-hydroxylation sites is 1. The minimum atomic E-state index is 1.12. The molecule has 0 aliphatic rings. The van der Waals surface area contributed by atoms with Crippen LogP contribution in [0.3, 0.4) is 0 Å². The SMILES string of the molecule is CCC[N+](I)c1ccccc1. The van der Waals surface area contributed by atoms with Gasteiger partial charge in [0, 0.05) is 12.1 Å². The number of benzene rings is 1. The second kappa shape index (κ2) is 4.72. The molecule has 1 aromatic rings.